The summed E-state index contributed by atoms with van der Waals surface area (Å²) in [6.07, 6.45) is 3.29. The third kappa shape index (κ3) is 2.96. The average Bonchev–Trinajstić information content (AvgIpc) is 2.56. The minimum Gasteiger partial charge on any atom is -0.347 e. The number of amides is 1. The van der Waals surface area contributed by atoms with Gasteiger partial charge in [-0.3, -0.25) is 14.6 Å². The van der Waals surface area contributed by atoms with Crippen LogP contribution in [-0.2, 0) is 13.6 Å². The lowest BCUT2D eigenvalue weighted by Gasteiger charge is -2.11. The van der Waals surface area contributed by atoms with Gasteiger partial charge in [0.25, 0.3) is 11.5 Å². The van der Waals surface area contributed by atoms with Crippen LogP contribution in [0.3, 0.4) is 0 Å². The first-order valence-electron chi connectivity index (χ1n) is 7.02. The summed E-state index contributed by atoms with van der Waals surface area (Å²) in [5.41, 5.74) is 0.684. The van der Waals surface area contributed by atoms with Crippen molar-refractivity contribution >= 4 is 16.7 Å². The van der Waals surface area contributed by atoms with E-state index < -0.39 is 11.7 Å². The monoisotopic (exact) mass is 311 g/mol. The number of nitrogens with one attached hydrogen (secondary N) is 1. The highest BCUT2D eigenvalue weighted by molar-refractivity contribution is 5.96. The van der Waals surface area contributed by atoms with Crippen LogP contribution >= 0.6 is 0 Å². The maximum Gasteiger partial charge on any atom is 0.268 e. The molecular weight excluding hydrogens is 297 g/mol. The number of hydrogen-bond donors (Lipinski definition) is 1. The zero-order chi connectivity index (χ0) is 16.4. The van der Waals surface area contributed by atoms with E-state index in [1.807, 2.05) is 6.07 Å². The van der Waals surface area contributed by atoms with Crippen LogP contribution in [0.5, 0.6) is 0 Å². The smallest absolute Gasteiger partial charge is 0.268 e. The van der Waals surface area contributed by atoms with Gasteiger partial charge in [-0.1, -0.05) is 6.07 Å². The molecule has 5 nitrogen and oxygen atoms in total. The van der Waals surface area contributed by atoms with Gasteiger partial charge in [-0.2, -0.15) is 0 Å². The number of aromatic nitrogens is 2. The molecular formula is C17H14FN3O2. The summed E-state index contributed by atoms with van der Waals surface area (Å²) in [7, 11) is 1.52. The Kier molecular flexibility index (Phi) is 3.89. The van der Waals surface area contributed by atoms with Crippen molar-refractivity contribution in [1.82, 2.24) is 14.9 Å². The molecule has 1 amide bonds. The summed E-state index contributed by atoms with van der Waals surface area (Å²) >= 11 is 0. The third-order valence-electron chi connectivity index (χ3n) is 3.61. The first-order chi connectivity index (χ1) is 11.1. The Morgan fingerprint density at radius 1 is 1.30 bits per heavy atom. The number of carbonyl (C=O) groups is 1. The Labute approximate surface area is 131 Å². The van der Waals surface area contributed by atoms with Crippen LogP contribution in [0.2, 0.25) is 0 Å². The molecule has 0 fully saturated rings. The number of fused-ring (bicyclic) bond motifs is 1. The van der Waals surface area contributed by atoms with Crippen LogP contribution in [-0.4, -0.2) is 15.5 Å². The lowest BCUT2D eigenvalue weighted by Crippen LogP contribution is -2.30. The van der Waals surface area contributed by atoms with Gasteiger partial charge in [-0.05, 0) is 41.3 Å². The quantitative estimate of drug-likeness (QED) is 0.804. The molecule has 23 heavy (non-hydrogen) atoms. The Hall–Kier alpha value is -3.02. The van der Waals surface area contributed by atoms with Crippen LogP contribution < -0.4 is 10.9 Å². The zero-order valence-electron chi connectivity index (χ0n) is 12.4. The van der Waals surface area contributed by atoms with Crippen LogP contribution in [0.4, 0.5) is 4.39 Å². The molecule has 0 aliphatic rings. The molecule has 1 N–H and O–H groups in total. The van der Waals surface area contributed by atoms with E-state index in [9.17, 15) is 14.0 Å². The van der Waals surface area contributed by atoms with E-state index in [-0.39, 0.29) is 11.3 Å². The summed E-state index contributed by atoms with van der Waals surface area (Å²) in [5.74, 6) is -0.855. The summed E-state index contributed by atoms with van der Waals surface area (Å²) in [4.78, 5) is 28.6. The predicted octanol–water partition coefficient (Wildman–Crippen LogP) is 2.00. The molecule has 116 valence electrons. The second-order valence-electron chi connectivity index (χ2n) is 5.17. The molecule has 0 saturated heterocycles. The van der Waals surface area contributed by atoms with Gasteiger partial charge in [0.2, 0.25) is 0 Å². The Morgan fingerprint density at radius 2 is 2.13 bits per heavy atom. The van der Waals surface area contributed by atoms with Gasteiger partial charge in [-0.25, -0.2) is 4.39 Å². The Morgan fingerprint density at radius 3 is 2.87 bits per heavy atom. The van der Waals surface area contributed by atoms with E-state index in [0.717, 1.165) is 5.56 Å². The normalized spacial score (nSPS) is 10.7. The van der Waals surface area contributed by atoms with Crippen molar-refractivity contribution in [3.05, 3.63) is 76.2 Å². The number of benzene rings is 1. The first kappa shape index (κ1) is 14.9. The first-order valence-corrected chi connectivity index (χ1v) is 7.02. The van der Waals surface area contributed by atoms with E-state index in [4.69, 9.17) is 0 Å². The van der Waals surface area contributed by atoms with Gasteiger partial charge < -0.3 is 9.88 Å². The minimum atomic E-state index is -0.451. The van der Waals surface area contributed by atoms with E-state index in [2.05, 4.69) is 10.3 Å². The number of nitrogens with zero attached hydrogens (tertiary/aromatic N) is 2. The average molecular weight is 311 g/mol. The fourth-order valence-electron chi connectivity index (χ4n) is 2.38. The van der Waals surface area contributed by atoms with Gasteiger partial charge in [-0.15, -0.1) is 0 Å². The minimum absolute atomic E-state index is 0.178. The van der Waals surface area contributed by atoms with Crippen molar-refractivity contribution in [2.75, 3.05) is 0 Å². The molecule has 0 radical (unpaired) electrons. The van der Waals surface area contributed by atoms with Gasteiger partial charge in [0.15, 0.2) is 0 Å². The fourth-order valence-corrected chi connectivity index (χ4v) is 2.38. The SMILES string of the molecule is Cn1c(C(=O)NCc2cccnc2)cc2cc(F)ccc2c1=O. The predicted molar refractivity (Wildman–Crippen MR) is 84.6 cm³/mol. The van der Waals surface area contributed by atoms with Gasteiger partial charge in [0, 0.05) is 31.4 Å². The molecule has 6 heteroatoms. The fraction of sp³-hybridized carbons (Fsp3) is 0.118. The maximum atomic E-state index is 13.4. The van der Waals surface area contributed by atoms with Crippen LogP contribution in [0.25, 0.3) is 10.8 Å². The van der Waals surface area contributed by atoms with Gasteiger partial charge in [0.1, 0.15) is 11.5 Å². The molecule has 2 aromatic heterocycles. The summed E-state index contributed by atoms with van der Waals surface area (Å²) in [5, 5.41) is 3.51. The standard InChI is InChI=1S/C17H14FN3O2/c1-21-15(16(22)20-10-11-3-2-6-19-9-11)8-12-7-13(18)4-5-14(12)17(21)23/h2-9H,10H2,1H3,(H,20,22). The van der Waals surface area contributed by atoms with Crippen LogP contribution in [0, 0.1) is 5.82 Å². The van der Waals surface area contributed by atoms with Crippen LogP contribution in [0.1, 0.15) is 16.1 Å². The third-order valence-corrected chi connectivity index (χ3v) is 3.61. The molecule has 0 saturated carbocycles. The molecule has 3 rings (SSSR count). The number of pyridine rings is 2. The Bertz CT molecular complexity index is 936. The second kappa shape index (κ2) is 6.00. The number of hydrogen-bond acceptors (Lipinski definition) is 3. The molecule has 0 aliphatic heterocycles. The van der Waals surface area contributed by atoms with Gasteiger partial charge >= 0.3 is 0 Å². The van der Waals surface area contributed by atoms with E-state index in [0.29, 0.717) is 17.3 Å². The molecule has 3 aromatic rings. The Balaban J connectivity index is 1.94. The van der Waals surface area contributed by atoms with Crippen molar-refractivity contribution < 1.29 is 9.18 Å². The van der Waals surface area contributed by atoms with E-state index in [1.54, 1.807) is 18.5 Å². The van der Waals surface area contributed by atoms with Crippen molar-refractivity contribution in [1.29, 1.82) is 0 Å². The van der Waals surface area contributed by atoms with Crippen molar-refractivity contribution in [3.8, 4) is 0 Å². The molecule has 0 unspecified atom stereocenters. The number of carbonyl (C=O) groups excluding carboxylic acids is 1. The summed E-state index contributed by atoms with van der Waals surface area (Å²) in [6, 6.07) is 9.02. The lowest BCUT2D eigenvalue weighted by atomic mass is 10.1. The molecule has 0 bridgehead atoms. The van der Waals surface area contributed by atoms with Crippen LogP contribution in [0.15, 0.2) is 53.6 Å². The highest BCUT2D eigenvalue weighted by Crippen LogP contribution is 2.14. The molecule has 1 aromatic carbocycles. The molecule has 0 aliphatic carbocycles. The van der Waals surface area contributed by atoms with E-state index >= 15 is 0 Å². The topological polar surface area (TPSA) is 64.0 Å². The second-order valence-corrected chi connectivity index (χ2v) is 5.17. The summed E-state index contributed by atoms with van der Waals surface area (Å²) < 4.78 is 14.6. The molecule has 2 heterocycles. The van der Waals surface area contributed by atoms with E-state index in [1.165, 1.54) is 35.9 Å². The molecule has 0 spiro atoms. The van der Waals surface area contributed by atoms with Crippen molar-refractivity contribution in [2.24, 2.45) is 7.05 Å². The highest BCUT2D eigenvalue weighted by Gasteiger charge is 2.13. The molecule has 0 atom stereocenters. The largest absolute Gasteiger partial charge is 0.347 e. The lowest BCUT2D eigenvalue weighted by molar-refractivity contribution is 0.0941. The highest BCUT2D eigenvalue weighted by atomic mass is 19.1. The van der Waals surface area contributed by atoms with Crippen molar-refractivity contribution in [2.45, 2.75) is 6.54 Å². The summed E-state index contributed by atoms with van der Waals surface area (Å²) in [6.45, 7) is 0.294. The zero-order valence-corrected chi connectivity index (χ0v) is 12.4. The van der Waals surface area contributed by atoms with Gasteiger partial charge in [0.05, 0.1) is 0 Å². The number of rotatable bonds is 3. The number of halogens is 1. The van der Waals surface area contributed by atoms with Crippen molar-refractivity contribution in [3.63, 3.8) is 0 Å². The maximum absolute atomic E-state index is 13.4.